The van der Waals surface area contributed by atoms with E-state index in [1.807, 2.05) is 0 Å². The molecule has 4 nitrogen and oxygen atoms in total. The maximum atomic E-state index is 11.5. The van der Waals surface area contributed by atoms with E-state index in [0.717, 1.165) is 0 Å². The van der Waals surface area contributed by atoms with Crippen LogP contribution in [0.25, 0.3) is 0 Å². The van der Waals surface area contributed by atoms with Crippen molar-refractivity contribution in [3.8, 4) is 0 Å². The molecule has 2 N–H and O–H groups in total. The van der Waals surface area contributed by atoms with Crippen molar-refractivity contribution in [3.05, 3.63) is 21.9 Å². The van der Waals surface area contributed by atoms with Gasteiger partial charge in [0, 0.05) is 14.1 Å². The molecule has 0 spiro atoms. The van der Waals surface area contributed by atoms with Crippen LogP contribution in [0.4, 0.5) is 0 Å². The van der Waals surface area contributed by atoms with Crippen molar-refractivity contribution in [1.29, 1.82) is 0 Å². The highest BCUT2D eigenvalue weighted by Gasteiger charge is 2.13. The molecule has 1 aromatic rings. The highest BCUT2D eigenvalue weighted by molar-refractivity contribution is 7.16. The van der Waals surface area contributed by atoms with Crippen molar-refractivity contribution in [3.63, 3.8) is 0 Å². The third kappa shape index (κ3) is 2.18. The van der Waals surface area contributed by atoms with Crippen LogP contribution in [0.15, 0.2) is 12.1 Å². The van der Waals surface area contributed by atoms with Crippen molar-refractivity contribution in [2.45, 2.75) is 0 Å². The number of nitrogens with zero attached hydrogens (tertiary/aromatic N) is 1. The summed E-state index contributed by atoms with van der Waals surface area (Å²) in [4.78, 5) is 25.2. The minimum Gasteiger partial charge on any atom is -0.344 e. The third-order valence-corrected chi connectivity index (χ3v) is 2.80. The lowest BCUT2D eigenvalue weighted by atomic mass is 10.3. The van der Waals surface area contributed by atoms with E-state index >= 15 is 0 Å². The van der Waals surface area contributed by atoms with Crippen LogP contribution in [0.2, 0.25) is 0 Å². The smallest absolute Gasteiger partial charge is 0.263 e. The summed E-state index contributed by atoms with van der Waals surface area (Å²) in [6.07, 6.45) is 0. The number of nitrogens with two attached hydrogens (primary N) is 1. The van der Waals surface area contributed by atoms with E-state index in [1.165, 1.54) is 16.2 Å². The van der Waals surface area contributed by atoms with Crippen LogP contribution in [0.3, 0.4) is 0 Å². The average molecular weight is 212 g/mol. The topological polar surface area (TPSA) is 63.4 Å². The molecule has 0 saturated carbocycles. The normalized spacial score (nSPS) is 9.93. The Balaban J connectivity index is 2.88. The molecule has 76 valence electrons. The zero-order chi connectivity index (χ0) is 10.7. The molecule has 0 bridgehead atoms. The number of Topliss-reactive ketones (excluding diaryl/α,β-unsaturated/α-hetero) is 1. The van der Waals surface area contributed by atoms with Crippen molar-refractivity contribution >= 4 is 23.0 Å². The molecule has 0 atom stereocenters. The number of hydrogen-bond donors (Lipinski definition) is 1. The van der Waals surface area contributed by atoms with Gasteiger partial charge in [-0.15, -0.1) is 11.3 Å². The van der Waals surface area contributed by atoms with Crippen LogP contribution in [-0.4, -0.2) is 37.2 Å². The quantitative estimate of drug-likeness (QED) is 0.746. The van der Waals surface area contributed by atoms with Crippen LogP contribution in [-0.2, 0) is 0 Å². The first-order valence-corrected chi connectivity index (χ1v) is 4.92. The number of rotatable bonds is 3. The number of thiophene rings is 1. The fraction of sp³-hybridized carbons (Fsp3) is 0.333. The van der Waals surface area contributed by atoms with E-state index in [1.54, 1.807) is 26.2 Å². The molecule has 0 radical (unpaired) electrons. The van der Waals surface area contributed by atoms with Gasteiger partial charge in [-0.05, 0) is 12.1 Å². The fourth-order valence-electron chi connectivity index (χ4n) is 0.924. The first kappa shape index (κ1) is 10.9. The van der Waals surface area contributed by atoms with Gasteiger partial charge in [-0.3, -0.25) is 9.59 Å². The average Bonchev–Trinajstić information content (AvgIpc) is 2.64. The highest BCUT2D eigenvalue weighted by atomic mass is 32.1. The molecular weight excluding hydrogens is 200 g/mol. The number of hydrogen-bond acceptors (Lipinski definition) is 4. The van der Waals surface area contributed by atoms with E-state index < -0.39 is 0 Å². The van der Waals surface area contributed by atoms with Gasteiger partial charge in [-0.25, -0.2) is 0 Å². The van der Waals surface area contributed by atoms with Crippen molar-refractivity contribution < 1.29 is 9.59 Å². The first-order valence-electron chi connectivity index (χ1n) is 4.11. The van der Waals surface area contributed by atoms with Crippen LogP contribution >= 0.6 is 11.3 Å². The molecule has 14 heavy (non-hydrogen) atoms. The summed E-state index contributed by atoms with van der Waals surface area (Å²) in [6, 6.07) is 3.28. The summed E-state index contributed by atoms with van der Waals surface area (Å²) >= 11 is 1.18. The monoisotopic (exact) mass is 212 g/mol. The van der Waals surface area contributed by atoms with Gasteiger partial charge < -0.3 is 10.6 Å². The summed E-state index contributed by atoms with van der Waals surface area (Å²) in [5, 5.41) is 0. The van der Waals surface area contributed by atoms with E-state index in [-0.39, 0.29) is 18.2 Å². The van der Waals surface area contributed by atoms with Gasteiger partial charge in [0.2, 0.25) is 0 Å². The number of carbonyl (C=O) groups is 2. The van der Waals surface area contributed by atoms with Crippen LogP contribution in [0, 0.1) is 0 Å². The zero-order valence-electron chi connectivity index (χ0n) is 8.11. The maximum absolute atomic E-state index is 11.5. The summed E-state index contributed by atoms with van der Waals surface area (Å²) in [5.74, 6) is -0.223. The molecule has 0 fully saturated rings. The minimum absolute atomic E-state index is 0.0177. The molecule has 1 heterocycles. The largest absolute Gasteiger partial charge is 0.344 e. The number of carbonyl (C=O) groups excluding carboxylic acids is 2. The van der Waals surface area contributed by atoms with Gasteiger partial charge in [-0.1, -0.05) is 0 Å². The molecule has 0 saturated heterocycles. The Kier molecular flexibility index (Phi) is 3.38. The van der Waals surface area contributed by atoms with E-state index in [0.29, 0.717) is 9.75 Å². The SMILES string of the molecule is CN(C)C(=O)c1ccc(C(=O)CN)s1. The molecule has 0 aliphatic carbocycles. The summed E-state index contributed by atoms with van der Waals surface area (Å²) < 4.78 is 0. The van der Waals surface area contributed by atoms with Crippen LogP contribution in [0.1, 0.15) is 19.3 Å². The molecule has 1 rings (SSSR count). The van der Waals surface area contributed by atoms with E-state index in [9.17, 15) is 9.59 Å². The Labute approximate surface area is 86.3 Å². The molecular formula is C9H12N2O2S. The van der Waals surface area contributed by atoms with Crippen molar-refractivity contribution in [2.75, 3.05) is 20.6 Å². The Bertz CT molecular complexity index is 357. The molecule has 0 aromatic carbocycles. The summed E-state index contributed by atoms with van der Waals surface area (Å²) in [7, 11) is 3.35. The Hall–Kier alpha value is -1.20. The highest BCUT2D eigenvalue weighted by Crippen LogP contribution is 2.17. The van der Waals surface area contributed by atoms with Crippen LogP contribution in [0.5, 0.6) is 0 Å². The van der Waals surface area contributed by atoms with Gasteiger partial charge in [0.1, 0.15) is 0 Å². The standard InChI is InChI=1S/C9H12N2O2S/c1-11(2)9(13)8-4-3-7(14-8)6(12)5-10/h3-4H,5,10H2,1-2H3. The number of amides is 1. The molecule has 0 aliphatic heterocycles. The van der Waals surface area contributed by atoms with Gasteiger partial charge in [-0.2, -0.15) is 0 Å². The van der Waals surface area contributed by atoms with Crippen molar-refractivity contribution in [2.24, 2.45) is 5.73 Å². The Morgan fingerprint density at radius 2 is 1.93 bits per heavy atom. The second-order valence-electron chi connectivity index (χ2n) is 2.99. The van der Waals surface area contributed by atoms with E-state index in [2.05, 4.69) is 0 Å². The minimum atomic E-state index is -0.132. The summed E-state index contributed by atoms with van der Waals surface area (Å²) in [6.45, 7) is -0.0177. The fourth-order valence-corrected chi connectivity index (χ4v) is 1.90. The van der Waals surface area contributed by atoms with Gasteiger partial charge in [0.05, 0.1) is 16.3 Å². The predicted molar refractivity (Wildman–Crippen MR) is 55.7 cm³/mol. The molecule has 1 aromatic heterocycles. The molecule has 0 aliphatic rings. The zero-order valence-corrected chi connectivity index (χ0v) is 8.93. The second-order valence-corrected chi connectivity index (χ2v) is 4.07. The lowest BCUT2D eigenvalue weighted by molar-refractivity contribution is 0.0832. The lowest BCUT2D eigenvalue weighted by Crippen LogP contribution is -2.20. The Morgan fingerprint density at radius 1 is 1.36 bits per heavy atom. The van der Waals surface area contributed by atoms with Crippen LogP contribution < -0.4 is 5.73 Å². The second kappa shape index (κ2) is 4.34. The lowest BCUT2D eigenvalue weighted by Gasteiger charge is -2.06. The predicted octanol–water partition coefficient (Wildman–Crippen LogP) is 0.591. The first-order chi connectivity index (χ1) is 6.56. The van der Waals surface area contributed by atoms with E-state index in [4.69, 9.17) is 5.73 Å². The van der Waals surface area contributed by atoms with Crippen molar-refractivity contribution in [1.82, 2.24) is 4.90 Å². The van der Waals surface area contributed by atoms with Gasteiger partial charge >= 0.3 is 0 Å². The number of ketones is 1. The molecule has 1 amide bonds. The third-order valence-electron chi connectivity index (χ3n) is 1.68. The summed E-state index contributed by atoms with van der Waals surface area (Å²) in [5.41, 5.74) is 5.21. The van der Waals surface area contributed by atoms with Gasteiger partial charge in [0.25, 0.3) is 5.91 Å². The molecule has 5 heteroatoms. The Morgan fingerprint density at radius 3 is 2.43 bits per heavy atom. The molecule has 0 unspecified atom stereocenters. The maximum Gasteiger partial charge on any atom is 0.263 e. The van der Waals surface area contributed by atoms with Gasteiger partial charge in [0.15, 0.2) is 5.78 Å².